The molecule has 1 saturated heterocycles. The first kappa shape index (κ1) is 22.7. The lowest BCUT2D eigenvalue weighted by Crippen LogP contribution is -2.43. The first-order valence-corrected chi connectivity index (χ1v) is 10.8. The summed E-state index contributed by atoms with van der Waals surface area (Å²) in [4.78, 5) is 41.9. The van der Waals surface area contributed by atoms with Gasteiger partial charge in [-0.05, 0) is 30.9 Å². The van der Waals surface area contributed by atoms with E-state index in [1.54, 1.807) is 24.2 Å². The van der Waals surface area contributed by atoms with E-state index in [4.69, 9.17) is 4.98 Å². The molecule has 3 heterocycles. The molecule has 2 aromatic heterocycles. The molecule has 1 aliphatic rings. The second kappa shape index (κ2) is 9.85. The van der Waals surface area contributed by atoms with Crippen LogP contribution in [0.5, 0.6) is 0 Å². The smallest absolute Gasteiger partial charge is 0.223 e. The summed E-state index contributed by atoms with van der Waals surface area (Å²) in [7, 11) is 3.88. The topological polar surface area (TPSA) is 91.3 Å². The molecule has 1 fully saturated rings. The minimum absolute atomic E-state index is 0.0254. The van der Waals surface area contributed by atoms with Crippen molar-refractivity contribution < 1.29 is 9.59 Å². The number of aromatic nitrogens is 3. The minimum atomic E-state index is -0.236. The maximum absolute atomic E-state index is 13.1. The minimum Gasteiger partial charge on any atom is -0.363 e. The van der Waals surface area contributed by atoms with Crippen LogP contribution in [0.15, 0.2) is 30.6 Å². The molecule has 1 aliphatic heterocycles. The number of carbonyl (C=O) groups is 2. The van der Waals surface area contributed by atoms with Crippen LogP contribution in [0.4, 0.5) is 5.82 Å². The first-order valence-electron chi connectivity index (χ1n) is 10.8. The molecule has 0 aromatic carbocycles. The lowest BCUT2D eigenvalue weighted by Gasteiger charge is -2.32. The molecule has 166 valence electrons. The molecular weight excluding hydrogens is 392 g/mol. The SMILES string of the molecule is CC(=O)N1CCC(C(=O)N[C@H](c2cc(N(C)C)nc(-c3ccncc3)n2)C(C)C)CC1. The van der Waals surface area contributed by atoms with Crippen LogP contribution >= 0.6 is 0 Å². The quantitative estimate of drug-likeness (QED) is 0.767. The van der Waals surface area contributed by atoms with Gasteiger partial charge in [-0.25, -0.2) is 9.97 Å². The summed E-state index contributed by atoms with van der Waals surface area (Å²) in [5.41, 5.74) is 1.67. The Morgan fingerprint density at radius 1 is 1.13 bits per heavy atom. The van der Waals surface area contributed by atoms with Crippen molar-refractivity contribution in [1.29, 1.82) is 0 Å². The predicted octanol–water partition coefficient (Wildman–Crippen LogP) is 2.68. The molecule has 8 heteroatoms. The Kier molecular flexibility index (Phi) is 7.20. The number of rotatable bonds is 6. The fourth-order valence-corrected chi connectivity index (χ4v) is 3.78. The molecule has 2 aromatic rings. The number of pyridine rings is 1. The molecule has 1 atom stereocenters. The number of nitrogens with one attached hydrogen (secondary N) is 1. The number of piperidine rings is 1. The third-order valence-corrected chi connectivity index (χ3v) is 5.72. The number of amides is 2. The highest BCUT2D eigenvalue weighted by Gasteiger charge is 2.29. The van der Waals surface area contributed by atoms with Crippen molar-refractivity contribution >= 4 is 17.6 Å². The van der Waals surface area contributed by atoms with Crippen LogP contribution in [0.3, 0.4) is 0 Å². The van der Waals surface area contributed by atoms with Crippen LogP contribution in [0.1, 0.15) is 45.3 Å². The number of anilines is 1. The number of hydrogen-bond donors (Lipinski definition) is 1. The number of nitrogens with zero attached hydrogens (tertiary/aromatic N) is 5. The molecular formula is C23H32N6O2. The number of carbonyl (C=O) groups excluding carboxylic acids is 2. The van der Waals surface area contributed by atoms with Crippen LogP contribution in [0.2, 0.25) is 0 Å². The number of hydrogen-bond acceptors (Lipinski definition) is 6. The molecule has 2 amide bonds. The Bertz CT molecular complexity index is 908. The lowest BCUT2D eigenvalue weighted by atomic mass is 9.93. The monoisotopic (exact) mass is 424 g/mol. The van der Waals surface area contributed by atoms with Crippen LogP contribution in [-0.2, 0) is 9.59 Å². The Morgan fingerprint density at radius 3 is 2.32 bits per heavy atom. The van der Waals surface area contributed by atoms with Crippen molar-refractivity contribution in [2.75, 3.05) is 32.1 Å². The second-order valence-electron chi connectivity index (χ2n) is 8.62. The highest BCUT2D eigenvalue weighted by atomic mass is 16.2. The third-order valence-electron chi connectivity index (χ3n) is 5.72. The van der Waals surface area contributed by atoms with E-state index < -0.39 is 0 Å². The fourth-order valence-electron chi connectivity index (χ4n) is 3.78. The zero-order valence-electron chi connectivity index (χ0n) is 19.0. The second-order valence-corrected chi connectivity index (χ2v) is 8.62. The van der Waals surface area contributed by atoms with Gasteiger partial charge >= 0.3 is 0 Å². The van der Waals surface area contributed by atoms with E-state index in [1.165, 1.54) is 0 Å². The zero-order valence-corrected chi connectivity index (χ0v) is 19.0. The van der Waals surface area contributed by atoms with Crippen molar-refractivity contribution in [2.24, 2.45) is 11.8 Å². The summed E-state index contributed by atoms with van der Waals surface area (Å²) >= 11 is 0. The molecule has 0 aliphatic carbocycles. The Hall–Kier alpha value is -3.03. The van der Waals surface area contributed by atoms with Gasteiger partial charge < -0.3 is 15.1 Å². The largest absolute Gasteiger partial charge is 0.363 e. The number of likely N-dealkylation sites (tertiary alicyclic amines) is 1. The van der Waals surface area contributed by atoms with E-state index in [0.29, 0.717) is 31.8 Å². The summed E-state index contributed by atoms with van der Waals surface area (Å²) in [6, 6.07) is 5.46. The van der Waals surface area contributed by atoms with Crippen molar-refractivity contribution in [3.8, 4) is 11.4 Å². The van der Waals surface area contributed by atoms with Gasteiger partial charge in [0.15, 0.2) is 5.82 Å². The third kappa shape index (κ3) is 5.57. The molecule has 1 N–H and O–H groups in total. The molecule has 0 bridgehead atoms. The summed E-state index contributed by atoms with van der Waals surface area (Å²) in [5, 5.41) is 3.23. The van der Waals surface area contributed by atoms with Gasteiger partial charge in [0.2, 0.25) is 11.8 Å². The van der Waals surface area contributed by atoms with Gasteiger partial charge in [-0.3, -0.25) is 14.6 Å². The van der Waals surface area contributed by atoms with Crippen molar-refractivity contribution in [3.05, 3.63) is 36.3 Å². The van der Waals surface area contributed by atoms with Crippen molar-refractivity contribution in [2.45, 2.75) is 39.7 Å². The van der Waals surface area contributed by atoms with Crippen LogP contribution < -0.4 is 10.2 Å². The maximum atomic E-state index is 13.1. The Morgan fingerprint density at radius 2 is 1.77 bits per heavy atom. The van der Waals surface area contributed by atoms with Crippen LogP contribution in [-0.4, -0.2) is 58.9 Å². The summed E-state index contributed by atoms with van der Waals surface area (Å²) in [6.07, 6.45) is 4.81. The van der Waals surface area contributed by atoms with Gasteiger partial charge in [0.25, 0.3) is 0 Å². The average Bonchev–Trinajstić information content (AvgIpc) is 2.77. The molecule has 0 unspecified atom stereocenters. The first-order chi connectivity index (χ1) is 14.8. The lowest BCUT2D eigenvalue weighted by molar-refractivity contribution is -0.134. The van der Waals surface area contributed by atoms with E-state index in [2.05, 4.69) is 29.1 Å². The average molecular weight is 425 g/mol. The van der Waals surface area contributed by atoms with E-state index >= 15 is 0 Å². The van der Waals surface area contributed by atoms with Gasteiger partial charge in [0, 0.05) is 64.1 Å². The zero-order chi connectivity index (χ0) is 22.5. The molecule has 31 heavy (non-hydrogen) atoms. The normalized spacial score (nSPS) is 15.6. The van der Waals surface area contributed by atoms with E-state index in [-0.39, 0.29) is 29.7 Å². The standard InChI is InChI=1S/C23H32N6O2/c1-15(2)21(27-23(31)18-8-12-29(13-9-18)16(3)30)19-14-20(28(4)5)26-22(25-19)17-6-10-24-11-7-17/h6-7,10-11,14-15,18,21H,8-9,12-13H2,1-5H3,(H,27,31)/t21-/m0/s1. The summed E-state index contributed by atoms with van der Waals surface area (Å²) in [6.45, 7) is 6.99. The van der Waals surface area contributed by atoms with Crippen molar-refractivity contribution in [3.63, 3.8) is 0 Å². The molecule has 8 nitrogen and oxygen atoms in total. The summed E-state index contributed by atoms with van der Waals surface area (Å²) in [5.74, 6) is 1.55. The van der Waals surface area contributed by atoms with E-state index in [0.717, 1.165) is 17.1 Å². The van der Waals surface area contributed by atoms with Gasteiger partial charge in [-0.2, -0.15) is 0 Å². The Balaban J connectivity index is 1.84. The van der Waals surface area contributed by atoms with Gasteiger partial charge in [-0.1, -0.05) is 13.8 Å². The van der Waals surface area contributed by atoms with Gasteiger partial charge in [-0.15, -0.1) is 0 Å². The fraction of sp³-hybridized carbons (Fsp3) is 0.522. The van der Waals surface area contributed by atoms with E-state index in [9.17, 15) is 9.59 Å². The molecule has 0 spiro atoms. The van der Waals surface area contributed by atoms with Gasteiger partial charge in [0.05, 0.1) is 11.7 Å². The highest BCUT2D eigenvalue weighted by Crippen LogP contribution is 2.27. The molecule has 0 radical (unpaired) electrons. The maximum Gasteiger partial charge on any atom is 0.223 e. The Labute approximate surface area is 184 Å². The van der Waals surface area contributed by atoms with Crippen molar-refractivity contribution in [1.82, 2.24) is 25.2 Å². The van der Waals surface area contributed by atoms with Crippen LogP contribution in [0.25, 0.3) is 11.4 Å². The molecule has 3 rings (SSSR count). The van der Waals surface area contributed by atoms with Gasteiger partial charge in [0.1, 0.15) is 5.82 Å². The summed E-state index contributed by atoms with van der Waals surface area (Å²) < 4.78 is 0. The predicted molar refractivity (Wildman–Crippen MR) is 120 cm³/mol. The van der Waals surface area contributed by atoms with Crippen LogP contribution in [0, 0.1) is 11.8 Å². The molecule has 0 saturated carbocycles. The van der Waals surface area contributed by atoms with E-state index in [1.807, 2.05) is 37.2 Å². The highest BCUT2D eigenvalue weighted by molar-refractivity contribution is 5.80.